The number of anilines is 1. The van der Waals surface area contributed by atoms with Gasteiger partial charge in [-0.2, -0.15) is 0 Å². The summed E-state index contributed by atoms with van der Waals surface area (Å²) in [6.45, 7) is 14.4. The number of hydrogen-bond acceptors (Lipinski definition) is 5. The molecule has 1 aliphatic heterocycles. The number of nitrogens with one attached hydrogen (secondary N) is 1. The van der Waals surface area contributed by atoms with Crippen LogP contribution < -0.4 is 4.90 Å². The van der Waals surface area contributed by atoms with Gasteiger partial charge in [0.2, 0.25) is 0 Å². The molecule has 4 heterocycles. The number of H-pyrrole nitrogens is 1. The minimum Gasteiger partial charge on any atom is -0.369 e. The molecule has 0 spiro atoms. The highest BCUT2D eigenvalue weighted by Gasteiger charge is 2.22. The first kappa shape index (κ1) is 24.7. The molecule has 0 unspecified atom stereocenters. The van der Waals surface area contributed by atoms with Crippen molar-refractivity contribution in [2.45, 2.75) is 34.1 Å². The van der Waals surface area contributed by atoms with Crippen molar-refractivity contribution >= 4 is 28.3 Å². The SMILES string of the molecule is CCN(CCN1C[C@H](C)C[C@H](C)C1)c1cnc2ccc(-c3[nH]cnc3-c3cc(Cl)ccc3C)nc2c1. The molecule has 0 bridgehead atoms. The fourth-order valence-electron chi connectivity index (χ4n) is 5.56. The second-order valence-electron chi connectivity index (χ2n) is 10.3. The van der Waals surface area contributed by atoms with Crippen LogP contribution in [0.2, 0.25) is 5.02 Å². The number of likely N-dealkylation sites (tertiary alicyclic amines) is 1. The number of hydrogen-bond donors (Lipinski definition) is 1. The van der Waals surface area contributed by atoms with Gasteiger partial charge < -0.3 is 14.8 Å². The lowest BCUT2D eigenvalue weighted by Crippen LogP contribution is -2.43. The van der Waals surface area contributed by atoms with Crippen LogP contribution in [0, 0.1) is 18.8 Å². The Morgan fingerprint density at radius 2 is 1.86 bits per heavy atom. The van der Waals surface area contributed by atoms with Crippen molar-refractivity contribution in [1.29, 1.82) is 0 Å². The molecular weight excluding hydrogens is 468 g/mol. The van der Waals surface area contributed by atoms with Gasteiger partial charge in [-0.1, -0.05) is 31.5 Å². The first-order valence-electron chi connectivity index (χ1n) is 13.0. The molecule has 0 aliphatic carbocycles. The normalized spacial score (nSPS) is 18.6. The zero-order valence-electron chi connectivity index (χ0n) is 21.6. The number of rotatable bonds is 7. The Morgan fingerprint density at radius 1 is 1.06 bits per heavy atom. The van der Waals surface area contributed by atoms with Crippen LogP contribution in [-0.2, 0) is 0 Å². The Labute approximate surface area is 218 Å². The molecular formula is C29H35ClN6. The molecule has 4 aromatic rings. The zero-order chi connectivity index (χ0) is 25.2. The summed E-state index contributed by atoms with van der Waals surface area (Å²) in [5.74, 6) is 1.55. The number of likely N-dealkylation sites (N-methyl/N-ethyl adjacent to an activating group) is 1. The van der Waals surface area contributed by atoms with E-state index in [0.29, 0.717) is 5.02 Å². The van der Waals surface area contributed by atoms with Crippen LogP contribution in [0.5, 0.6) is 0 Å². The van der Waals surface area contributed by atoms with Crippen LogP contribution in [0.25, 0.3) is 33.7 Å². The molecule has 1 saturated heterocycles. The summed E-state index contributed by atoms with van der Waals surface area (Å²) in [4.78, 5) is 22.6. The predicted molar refractivity (Wildman–Crippen MR) is 150 cm³/mol. The van der Waals surface area contributed by atoms with Crippen LogP contribution in [0.15, 0.2) is 48.9 Å². The van der Waals surface area contributed by atoms with Crippen molar-refractivity contribution < 1.29 is 0 Å². The fraction of sp³-hybridized carbons (Fsp3) is 0.414. The summed E-state index contributed by atoms with van der Waals surface area (Å²) >= 11 is 6.29. The third-order valence-corrected chi connectivity index (χ3v) is 7.49. The Balaban J connectivity index is 1.41. The summed E-state index contributed by atoms with van der Waals surface area (Å²) in [7, 11) is 0. The van der Waals surface area contributed by atoms with Crippen molar-refractivity contribution in [3.63, 3.8) is 0 Å². The largest absolute Gasteiger partial charge is 0.369 e. The molecule has 1 aromatic carbocycles. The van der Waals surface area contributed by atoms with Gasteiger partial charge in [-0.3, -0.25) is 4.98 Å². The van der Waals surface area contributed by atoms with Crippen molar-refractivity contribution in [2.75, 3.05) is 37.6 Å². The molecule has 7 heteroatoms. The average molecular weight is 503 g/mol. The summed E-state index contributed by atoms with van der Waals surface area (Å²) < 4.78 is 0. The third-order valence-electron chi connectivity index (χ3n) is 7.25. The van der Waals surface area contributed by atoms with E-state index < -0.39 is 0 Å². The lowest BCUT2D eigenvalue weighted by Gasteiger charge is -2.36. The van der Waals surface area contributed by atoms with Crippen molar-refractivity contribution in [3.8, 4) is 22.6 Å². The van der Waals surface area contributed by atoms with Crippen molar-refractivity contribution in [1.82, 2.24) is 24.8 Å². The average Bonchev–Trinajstić information content (AvgIpc) is 3.34. The number of piperidine rings is 1. The Kier molecular flexibility index (Phi) is 7.26. The lowest BCUT2D eigenvalue weighted by molar-refractivity contribution is 0.144. The molecule has 2 atom stereocenters. The van der Waals surface area contributed by atoms with E-state index in [0.717, 1.165) is 76.4 Å². The number of nitrogens with zero attached hydrogens (tertiary/aromatic N) is 5. The van der Waals surface area contributed by atoms with Crippen LogP contribution in [0.4, 0.5) is 5.69 Å². The quantitative estimate of drug-likeness (QED) is 0.314. The van der Waals surface area contributed by atoms with Crippen LogP contribution in [0.1, 0.15) is 32.8 Å². The van der Waals surface area contributed by atoms with Gasteiger partial charge in [0.05, 0.1) is 46.3 Å². The summed E-state index contributed by atoms with van der Waals surface area (Å²) in [6.07, 6.45) is 5.03. The number of aromatic amines is 1. The van der Waals surface area contributed by atoms with Crippen LogP contribution in [-0.4, -0.2) is 57.6 Å². The summed E-state index contributed by atoms with van der Waals surface area (Å²) in [5.41, 5.74) is 7.58. The van der Waals surface area contributed by atoms with Gasteiger partial charge in [-0.05, 0) is 68.0 Å². The highest BCUT2D eigenvalue weighted by molar-refractivity contribution is 6.30. The molecule has 3 aromatic heterocycles. The van der Waals surface area contributed by atoms with E-state index in [1.54, 1.807) is 6.33 Å². The number of imidazole rings is 1. The fourth-order valence-corrected chi connectivity index (χ4v) is 5.73. The maximum atomic E-state index is 6.29. The van der Waals surface area contributed by atoms with Crippen molar-refractivity contribution in [2.24, 2.45) is 11.8 Å². The van der Waals surface area contributed by atoms with E-state index in [4.69, 9.17) is 21.6 Å². The molecule has 0 amide bonds. The van der Waals surface area contributed by atoms with Gasteiger partial charge in [0.15, 0.2) is 0 Å². The topological polar surface area (TPSA) is 60.9 Å². The predicted octanol–water partition coefficient (Wildman–Crippen LogP) is 6.45. The van der Waals surface area contributed by atoms with Crippen molar-refractivity contribution in [3.05, 3.63) is 59.5 Å². The summed E-state index contributed by atoms with van der Waals surface area (Å²) in [5, 5.41) is 0.693. The van der Waals surface area contributed by atoms with Gasteiger partial charge in [0.25, 0.3) is 0 Å². The molecule has 188 valence electrons. The van der Waals surface area contributed by atoms with Gasteiger partial charge in [-0.25, -0.2) is 9.97 Å². The third kappa shape index (κ3) is 5.25. The minimum absolute atomic E-state index is 0.693. The Bertz CT molecular complexity index is 1340. The molecule has 6 nitrogen and oxygen atoms in total. The maximum Gasteiger partial charge on any atom is 0.0980 e. The van der Waals surface area contributed by atoms with Gasteiger partial charge in [0.1, 0.15) is 0 Å². The second kappa shape index (κ2) is 10.6. The van der Waals surface area contributed by atoms with E-state index in [9.17, 15) is 0 Å². The Hall–Kier alpha value is -2.96. The van der Waals surface area contributed by atoms with E-state index in [-0.39, 0.29) is 0 Å². The molecule has 5 rings (SSSR count). The Morgan fingerprint density at radius 3 is 2.64 bits per heavy atom. The van der Waals surface area contributed by atoms with E-state index in [2.05, 4.69) is 53.5 Å². The molecule has 1 fully saturated rings. The molecule has 1 N–H and O–H groups in total. The van der Waals surface area contributed by atoms with E-state index in [1.165, 1.54) is 19.5 Å². The first-order chi connectivity index (χ1) is 17.4. The molecule has 0 saturated carbocycles. The standard InChI is InChI=1S/C29H35ClN6/c1-5-36(11-10-35-16-19(2)12-20(3)17-35)23-14-27-25(31-15-23)8-9-26(34-27)29-28(32-18-33-29)24-13-22(30)7-6-21(24)4/h6-9,13-15,18-20H,5,10-12,16-17H2,1-4H3,(H,32,33)/t19-,20+. The molecule has 0 radical (unpaired) electrons. The maximum absolute atomic E-state index is 6.29. The number of benzene rings is 1. The van der Waals surface area contributed by atoms with E-state index >= 15 is 0 Å². The zero-order valence-corrected chi connectivity index (χ0v) is 22.4. The monoisotopic (exact) mass is 502 g/mol. The van der Waals surface area contributed by atoms with Gasteiger partial charge in [-0.15, -0.1) is 0 Å². The van der Waals surface area contributed by atoms with Crippen LogP contribution in [0.3, 0.4) is 0 Å². The number of pyridine rings is 2. The summed E-state index contributed by atoms with van der Waals surface area (Å²) in [6, 6.07) is 12.1. The minimum atomic E-state index is 0.693. The highest BCUT2D eigenvalue weighted by Crippen LogP contribution is 2.33. The number of aryl methyl sites for hydroxylation is 1. The highest BCUT2D eigenvalue weighted by atomic mass is 35.5. The number of halogens is 1. The van der Waals surface area contributed by atoms with E-state index in [1.807, 2.05) is 36.5 Å². The number of aromatic nitrogens is 4. The van der Waals surface area contributed by atoms with Crippen LogP contribution >= 0.6 is 11.6 Å². The van der Waals surface area contributed by atoms with Gasteiger partial charge in [0, 0.05) is 43.3 Å². The first-order valence-corrected chi connectivity index (χ1v) is 13.3. The smallest absolute Gasteiger partial charge is 0.0980 e. The second-order valence-corrected chi connectivity index (χ2v) is 10.7. The number of fused-ring (bicyclic) bond motifs is 1. The van der Waals surface area contributed by atoms with Gasteiger partial charge >= 0.3 is 0 Å². The molecule has 36 heavy (non-hydrogen) atoms. The molecule has 1 aliphatic rings. The lowest BCUT2D eigenvalue weighted by atomic mass is 9.92.